The third kappa shape index (κ3) is 4.54. The van der Waals surface area contributed by atoms with Gasteiger partial charge in [0.15, 0.2) is 0 Å². The number of carbonyl (C=O) groups is 1. The molecule has 0 spiro atoms. The molecule has 132 valence electrons. The van der Waals surface area contributed by atoms with Crippen LogP contribution >= 0.6 is 0 Å². The lowest BCUT2D eigenvalue weighted by Crippen LogP contribution is -2.29. The van der Waals surface area contributed by atoms with Crippen molar-refractivity contribution in [3.8, 4) is 5.75 Å². The van der Waals surface area contributed by atoms with Gasteiger partial charge in [-0.15, -0.1) is 0 Å². The van der Waals surface area contributed by atoms with Gasteiger partial charge >= 0.3 is 0 Å². The molecule has 1 amide bonds. The van der Waals surface area contributed by atoms with Crippen LogP contribution in [0.2, 0.25) is 0 Å². The quantitative estimate of drug-likeness (QED) is 0.875. The van der Waals surface area contributed by atoms with Gasteiger partial charge in [-0.3, -0.25) is 4.79 Å². The lowest BCUT2D eigenvalue weighted by atomic mass is 9.91. The molecule has 0 saturated carbocycles. The molecule has 2 heterocycles. The Bertz CT molecular complexity index is 725. The van der Waals surface area contributed by atoms with Crippen LogP contribution in [0, 0.1) is 12.8 Å². The predicted octanol–water partition coefficient (Wildman–Crippen LogP) is 2.59. The SMILES string of the molecule is COc1ccc(NC(=O)c2cnc(C)nc2CC2CCNCC2)cc1. The molecule has 1 fully saturated rings. The minimum absolute atomic E-state index is 0.172. The maximum atomic E-state index is 12.7. The van der Waals surface area contributed by atoms with Gasteiger partial charge in [-0.1, -0.05) is 0 Å². The lowest BCUT2D eigenvalue weighted by Gasteiger charge is -2.23. The summed E-state index contributed by atoms with van der Waals surface area (Å²) in [6, 6.07) is 7.27. The van der Waals surface area contributed by atoms with Crippen LogP contribution in [0.4, 0.5) is 5.69 Å². The second-order valence-electron chi connectivity index (χ2n) is 6.36. The molecule has 0 bridgehead atoms. The molecule has 6 nitrogen and oxygen atoms in total. The molecule has 1 saturated heterocycles. The number of amides is 1. The smallest absolute Gasteiger partial charge is 0.259 e. The largest absolute Gasteiger partial charge is 0.497 e. The van der Waals surface area contributed by atoms with Crippen LogP contribution in [0.15, 0.2) is 30.5 Å². The summed E-state index contributed by atoms with van der Waals surface area (Å²) in [7, 11) is 1.62. The van der Waals surface area contributed by atoms with E-state index in [-0.39, 0.29) is 5.91 Å². The number of aryl methyl sites for hydroxylation is 1. The zero-order chi connectivity index (χ0) is 17.6. The highest BCUT2D eigenvalue weighted by Gasteiger charge is 2.20. The number of carbonyl (C=O) groups excluding carboxylic acids is 1. The summed E-state index contributed by atoms with van der Waals surface area (Å²) >= 11 is 0. The molecule has 1 aromatic heterocycles. The van der Waals surface area contributed by atoms with Crippen molar-refractivity contribution in [2.45, 2.75) is 26.2 Å². The van der Waals surface area contributed by atoms with Crippen LogP contribution in [0.5, 0.6) is 5.75 Å². The minimum Gasteiger partial charge on any atom is -0.497 e. The number of hydrogen-bond donors (Lipinski definition) is 2. The highest BCUT2D eigenvalue weighted by Crippen LogP contribution is 2.21. The monoisotopic (exact) mass is 340 g/mol. The zero-order valence-corrected chi connectivity index (χ0v) is 14.7. The van der Waals surface area contributed by atoms with Gasteiger partial charge in [0.05, 0.1) is 18.4 Å². The Morgan fingerprint density at radius 1 is 1.28 bits per heavy atom. The van der Waals surface area contributed by atoms with Crippen LogP contribution in [-0.4, -0.2) is 36.1 Å². The summed E-state index contributed by atoms with van der Waals surface area (Å²) in [5, 5.41) is 6.29. The number of benzene rings is 1. The van der Waals surface area contributed by atoms with Gasteiger partial charge in [-0.05, 0) is 69.5 Å². The number of rotatable bonds is 5. The molecule has 0 radical (unpaired) electrons. The van der Waals surface area contributed by atoms with Crippen LogP contribution in [0.3, 0.4) is 0 Å². The predicted molar refractivity (Wildman–Crippen MR) is 97.0 cm³/mol. The molecule has 1 aliphatic heterocycles. The van der Waals surface area contributed by atoms with Gasteiger partial charge < -0.3 is 15.4 Å². The average Bonchev–Trinajstić information content (AvgIpc) is 2.63. The van der Waals surface area contributed by atoms with Crippen molar-refractivity contribution in [1.82, 2.24) is 15.3 Å². The first-order valence-electron chi connectivity index (χ1n) is 8.64. The number of nitrogens with one attached hydrogen (secondary N) is 2. The molecule has 2 aromatic rings. The maximum Gasteiger partial charge on any atom is 0.259 e. The fourth-order valence-electron chi connectivity index (χ4n) is 3.09. The number of ether oxygens (including phenoxy) is 1. The van der Waals surface area contributed by atoms with E-state index in [0.717, 1.165) is 49.5 Å². The van der Waals surface area contributed by atoms with E-state index in [1.807, 2.05) is 31.2 Å². The van der Waals surface area contributed by atoms with Crippen LogP contribution in [0.25, 0.3) is 0 Å². The van der Waals surface area contributed by atoms with Crippen molar-refractivity contribution in [1.29, 1.82) is 0 Å². The van der Waals surface area contributed by atoms with Crippen molar-refractivity contribution in [3.05, 3.63) is 47.5 Å². The number of hydrogen-bond acceptors (Lipinski definition) is 5. The first-order chi connectivity index (χ1) is 12.2. The molecule has 3 rings (SSSR count). The number of methoxy groups -OCH3 is 1. The van der Waals surface area contributed by atoms with Gasteiger partial charge in [0.25, 0.3) is 5.91 Å². The van der Waals surface area contributed by atoms with Gasteiger partial charge in [0, 0.05) is 11.9 Å². The third-order valence-electron chi connectivity index (χ3n) is 4.52. The topological polar surface area (TPSA) is 76.1 Å². The summed E-state index contributed by atoms with van der Waals surface area (Å²) in [5.74, 6) is 1.84. The van der Waals surface area contributed by atoms with E-state index in [9.17, 15) is 4.79 Å². The Labute approximate surface area is 148 Å². The first-order valence-corrected chi connectivity index (χ1v) is 8.64. The third-order valence-corrected chi connectivity index (χ3v) is 4.52. The van der Waals surface area contributed by atoms with Crippen molar-refractivity contribution in [2.75, 3.05) is 25.5 Å². The van der Waals surface area contributed by atoms with Crippen LogP contribution in [0.1, 0.15) is 34.7 Å². The fraction of sp³-hybridized carbons (Fsp3) is 0.421. The Kier molecular flexibility index (Phi) is 5.60. The molecule has 0 aliphatic carbocycles. The fourth-order valence-corrected chi connectivity index (χ4v) is 3.09. The molecule has 1 aliphatic rings. The second-order valence-corrected chi connectivity index (χ2v) is 6.36. The van der Waals surface area contributed by atoms with Crippen molar-refractivity contribution >= 4 is 11.6 Å². The zero-order valence-electron chi connectivity index (χ0n) is 14.7. The maximum absolute atomic E-state index is 12.7. The van der Waals surface area contributed by atoms with Crippen molar-refractivity contribution in [2.24, 2.45) is 5.92 Å². The Hall–Kier alpha value is -2.47. The second kappa shape index (κ2) is 8.07. The van der Waals surface area contributed by atoms with Crippen molar-refractivity contribution < 1.29 is 9.53 Å². The Morgan fingerprint density at radius 2 is 2.00 bits per heavy atom. The van der Waals surface area contributed by atoms with E-state index >= 15 is 0 Å². The Morgan fingerprint density at radius 3 is 2.68 bits per heavy atom. The highest BCUT2D eigenvalue weighted by atomic mass is 16.5. The standard InChI is InChI=1S/C19H24N4O2/c1-13-21-12-17(18(22-13)11-14-7-9-20-10-8-14)19(24)23-15-3-5-16(25-2)6-4-15/h3-6,12,14,20H,7-11H2,1-2H3,(H,23,24). The molecule has 2 N–H and O–H groups in total. The van der Waals surface area contributed by atoms with E-state index < -0.39 is 0 Å². The molecule has 0 atom stereocenters. The van der Waals surface area contributed by atoms with Crippen molar-refractivity contribution in [3.63, 3.8) is 0 Å². The summed E-state index contributed by atoms with van der Waals surface area (Å²) in [4.78, 5) is 21.5. The van der Waals surface area contributed by atoms with E-state index in [1.54, 1.807) is 13.3 Å². The summed E-state index contributed by atoms with van der Waals surface area (Å²) in [6.07, 6.45) is 4.68. The van der Waals surface area contributed by atoms with E-state index in [4.69, 9.17) is 4.74 Å². The normalized spacial score (nSPS) is 15.0. The minimum atomic E-state index is -0.172. The van der Waals surface area contributed by atoms with E-state index in [0.29, 0.717) is 17.3 Å². The van der Waals surface area contributed by atoms with E-state index in [2.05, 4.69) is 20.6 Å². The number of piperidine rings is 1. The molecular formula is C19H24N4O2. The highest BCUT2D eigenvalue weighted by molar-refractivity contribution is 6.04. The molecule has 1 aromatic carbocycles. The van der Waals surface area contributed by atoms with Gasteiger partial charge in [0.1, 0.15) is 11.6 Å². The average molecular weight is 340 g/mol. The first kappa shape index (κ1) is 17.4. The van der Waals surface area contributed by atoms with Crippen LogP contribution < -0.4 is 15.4 Å². The van der Waals surface area contributed by atoms with Gasteiger partial charge in [-0.25, -0.2) is 9.97 Å². The summed E-state index contributed by atoms with van der Waals surface area (Å²) in [5.41, 5.74) is 2.12. The van der Waals surface area contributed by atoms with Gasteiger partial charge in [0.2, 0.25) is 0 Å². The molecule has 6 heteroatoms. The van der Waals surface area contributed by atoms with E-state index in [1.165, 1.54) is 0 Å². The number of nitrogens with zero attached hydrogens (tertiary/aromatic N) is 2. The number of aromatic nitrogens is 2. The molecule has 0 unspecified atom stereocenters. The van der Waals surface area contributed by atoms with Gasteiger partial charge in [-0.2, -0.15) is 0 Å². The number of anilines is 1. The summed E-state index contributed by atoms with van der Waals surface area (Å²) in [6.45, 7) is 3.92. The lowest BCUT2D eigenvalue weighted by molar-refractivity contribution is 0.102. The summed E-state index contributed by atoms with van der Waals surface area (Å²) < 4.78 is 5.14. The Balaban J connectivity index is 1.76. The van der Waals surface area contributed by atoms with Crippen LogP contribution in [-0.2, 0) is 6.42 Å². The molecule has 25 heavy (non-hydrogen) atoms. The molecular weight excluding hydrogens is 316 g/mol.